The molecule has 16 heavy (non-hydrogen) atoms. The molecular formula is C12H11Br2NS. The lowest BCUT2D eigenvalue weighted by atomic mass is 10.2. The molecule has 1 aromatic heterocycles. The normalized spacial score (nSPS) is 10.4. The summed E-state index contributed by atoms with van der Waals surface area (Å²) in [7, 11) is 0. The average molecular weight is 361 g/mol. The molecule has 0 radical (unpaired) electrons. The van der Waals surface area contributed by atoms with Crippen LogP contribution in [-0.2, 0) is 6.54 Å². The van der Waals surface area contributed by atoms with Crippen molar-refractivity contribution in [1.82, 2.24) is 0 Å². The van der Waals surface area contributed by atoms with Crippen LogP contribution in [0.1, 0.15) is 10.4 Å². The summed E-state index contributed by atoms with van der Waals surface area (Å²) < 4.78 is 2.32. The fraction of sp³-hybridized carbons (Fsp3) is 0.167. The Balaban J connectivity index is 2.02. The van der Waals surface area contributed by atoms with E-state index in [0.717, 1.165) is 16.7 Å². The number of hydrogen-bond donors (Lipinski definition) is 1. The van der Waals surface area contributed by atoms with Crippen LogP contribution < -0.4 is 5.32 Å². The predicted octanol–water partition coefficient (Wildman–Crippen LogP) is 5.19. The molecule has 0 saturated carbocycles. The van der Waals surface area contributed by atoms with Gasteiger partial charge in [-0.2, -0.15) is 0 Å². The monoisotopic (exact) mass is 359 g/mol. The first kappa shape index (κ1) is 12.1. The van der Waals surface area contributed by atoms with Crippen molar-refractivity contribution >= 4 is 48.9 Å². The van der Waals surface area contributed by atoms with Crippen molar-refractivity contribution in [3.8, 4) is 0 Å². The van der Waals surface area contributed by atoms with E-state index in [1.807, 2.05) is 0 Å². The Morgan fingerprint density at radius 2 is 2.00 bits per heavy atom. The minimum atomic E-state index is 0.867. The Morgan fingerprint density at radius 1 is 1.19 bits per heavy atom. The molecule has 0 unspecified atom stereocenters. The van der Waals surface area contributed by atoms with Gasteiger partial charge in [0.2, 0.25) is 0 Å². The van der Waals surface area contributed by atoms with E-state index in [0.29, 0.717) is 0 Å². The summed E-state index contributed by atoms with van der Waals surface area (Å²) in [5, 5.41) is 3.40. The predicted molar refractivity (Wildman–Crippen MR) is 78.2 cm³/mol. The standard InChI is InChI=1S/C12H11Br2NS/c1-8-2-3-9(6-11(8)13)15-7-10-4-5-12(14)16-10/h2-6,15H,7H2,1H3. The van der Waals surface area contributed by atoms with Gasteiger partial charge in [-0.15, -0.1) is 11.3 Å². The quantitative estimate of drug-likeness (QED) is 0.793. The van der Waals surface area contributed by atoms with Gasteiger partial charge in [-0.3, -0.25) is 0 Å². The maximum atomic E-state index is 3.53. The lowest BCUT2D eigenvalue weighted by Gasteiger charge is -2.06. The number of rotatable bonds is 3. The molecule has 0 saturated heterocycles. The SMILES string of the molecule is Cc1ccc(NCc2ccc(Br)s2)cc1Br. The number of halogens is 2. The summed E-state index contributed by atoms with van der Waals surface area (Å²) in [6.45, 7) is 2.95. The second-order valence-corrected chi connectivity index (χ2v) is 6.93. The van der Waals surface area contributed by atoms with Gasteiger partial charge >= 0.3 is 0 Å². The molecule has 1 aromatic carbocycles. The molecule has 0 aliphatic rings. The smallest absolute Gasteiger partial charge is 0.0702 e. The lowest BCUT2D eigenvalue weighted by Crippen LogP contribution is -1.97. The number of anilines is 1. The Hall–Kier alpha value is -0.320. The third-order valence-corrected chi connectivity index (χ3v) is 4.75. The summed E-state index contributed by atoms with van der Waals surface area (Å²) in [5.74, 6) is 0. The third kappa shape index (κ3) is 3.09. The van der Waals surface area contributed by atoms with Crippen molar-refractivity contribution in [2.45, 2.75) is 13.5 Å². The molecule has 0 spiro atoms. The van der Waals surface area contributed by atoms with E-state index in [1.54, 1.807) is 11.3 Å². The minimum Gasteiger partial charge on any atom is -0.380 e. The van der Waals surface area contributed by atoms with Crippen LogP contribution in [0.3, 0.4) is 0 Å². The number of benzene rings is 1. The van der Waals surface area contributed by atoms with Crippen LogP contribution in [0, 0.1) is 6.92 Å². The van der Waals surface area contributed by atoms with Gasteiger partial charge < -0.3 is 5.32 Å². The zero-order valence-electron chi connectivity index (χ0n) is 8.76. The molecule has 1 heterocycles. The van der Waals surface area contributed by atoms with Crippen LogP contribution in [0.4, 0.5) is 5.69 Å². The fourth-order valence-corrected chi connectivity index (χ4v) is 3.14. The molecule has 0 fully saturated rings. The maximum absolute atomic E-state index is 3.53. The van der Waals surface area contributed by atoms with Crippen LogP contribution in [0.2, 0.25) is 0 Å². The summed E-state index contributed by atoms with van der Waals surface area (Å²) in [6, 6.07) is 10.5. The lowest BCUT2D eigenvalue weighted by molar-refractivity contribution is 1.19. The Labute approximate surface area is 116 Å². The zero-order chi connectivity index (χ0) is 11.5. The van der Waals surface area contributed by atoms with E-state index in [9.17, 15) is 0 Å². The second kappa shape index (κ2) is 5.34. The number of thiophene rings is 1. The van der Waals surface area contributed by atoms with Crippen molar-refractivity contribution in [2.24, 2.45) is 0 Å². The molecule has 0 aliphatic carbocycles. The van der Waals surface area contributed by atoms with Gasteiger partial charge in [0.1, 0.15) is 0 Å². The van der Waals surface area contributed by atoms with Crippen molar-refractivity contribution < 1.29 is 0 Å². The molecule has 0 bridgehead atoms. The molecule has 1 N–H and O–H groups in total. The van der Waals surface area contributed by atoms with Crippen molar-refractivity contribution in [1.29, 1.82) is 0 Å². The Morgan fingerprint density at radius 3 is 2.62 bits per heavy atom. The highest BCUT2D eigenvalue weighted by Crippen LogP contribution is 2.24. The van der Waals surface area contributed by atoms with E-state index < -0.39 is 0 Å². The van der Waals surface area contributed by atoms with Gasteiger partial charge in [0.25, 0.3) is 0 Å². The Bertz CT molecular complexity index is 494. The molecule has 84 valence electrons. The molecule has 4 heteroatoms. The average Bonchev–Trinajstić information content (AvgIpc) is 2.66. The molecule has 2 aromatic rings. The first-order chi connectivity index (χ1) is 7.65. The van der Waals surface area contributed by atoms with E-state index in [4.69, 9.17) is 0 Å². The van der Waals surface area contributed by atoms with E-state index in [1.165, 1.54) is 14.2 Å². The van der Waals surface area contributed by atoms with Crippen LogP contribution in [-0.4, -0.2) is 0 Å². The minimum absolute atomic E-state index is 0.867. The van der Waals surface area contributed by atoms with Gasteiger partial charge in [0, 0.05) is 21.6 Å². The Kier molecular flexibility index (Phi) is 4.05. The second-order valence-electron chi connectivity index (χ2n) is 3.52. The molecule has 0 amide bonds. The first-order valence-electron chi connectivity index (χ1n) is 4.89. The van der Waals surface area contributed by atoms with E-state index >= 15 is 0 Å². The fourth-order valence-electron chi connectivity index (χ4n) is 1.34. The summed E-state index contributed by atoms with van der Waals surface area (Å²) >= 11 is 8.75. The van der Waals surface area contributed by atoms with Gasteiger partial charge in [-0.05, 0) is 52.7 Å². The van der Waals surface area contributed by atoms with Crippen molar-refractivity contribution in [3.63, 3.8) is 0 Å². The van der Waals surface area contributed by atoms with E-state index in [-0.39, 0.29) is 0 Å². The zero-order valence-corrected chi connectivity index (χ0v) is 12.7. The van der Waals surface area contributed by atoms with Gasteiger partial charge in [0.15, 0.2) is 0 Å². The molecular weight excluding hydrogens is 350 g/mol. The maximum Gasteiger partial charge on any atom is 0.0702 e. The number of nitrogens with one attached hydrogen (secondary N) is 1. The summed E-state index contributed by atoms with van der Waals surface area (Å²) in [6.07, 6.45) is 0. The van der Waals surface area contributed by atoms with Crippen LogP contribution >= 0.6 is 43.2 Å². The highest BCUT2D eigenvalue weighted by Gasteiger charge is 1.99. The topological polar surface area (TPSA) is 12.0 Å². The van der Waals surface area contributed by atoms with Crippen LogP contribution in [0.5, 0.6) is 0 Å². The van der Waals surface area contributed by atoms with Gasteiger partial charge in [-0.25, -0.2) is 0 Å². The molecule has 0 aliphatic heterocycles. The third-order valence-electron chi connectivity index (χ3n) is 2.27. The van der Waals surface area contributed by atoms with Gasteiger partial charge in [0.05, 0.1) is 3.79 Å². The van der Waals surface area contributed by atoms with Gasteiger partial charge in [-0.1, -0.05) is 22.0 Å². The summed E-state index contributed by atoms with van der Waals surface area (Å²) in [4.78, 5) is 1.32. The van der Waals surface area contributed by atoms with Crippen molar-refractivity contribution in [2.75, 3.05) is 5.32 Å². The van der Waals surface area contributed by atoms with Crippen LogP contribution in [0.15, 0.2) is 38.6 Å². The largest absolute Gasteiger partial charge is 0.380 e. The van der Waals surface area contributed by atoms with E-state index in [2.05, 4.69) is 74.4 Å². The number of aryl methyl sites for hydroxylation is 1. The number of hydrogen-bond acceptors (Lipinski definition) is 2. The van der Waals surface area contributed by atoms with Crippen molar-refractivity contribution in [3.05, 3.63) is 49.0 Å². The van der Waals surface area contributed by atoms with Crippen LogP contribution in [0.25, 0.3) is 0 Å². The molecule has 1 nitrogen and oxygen atoms in total. The molecule has 0 atom stereocenters. The summed E-state index contributed by atoms with van der Waals surface area (Å²) in [5.41, 5.74) is 2.39. The molecule has 2 rings (SSSR count). The highest BCUT2D eigenvalue weighted by molar-refractivity contribution is 9.11. The first-order valence-corrected chi connectivity index (χ1v) is 7.29. The highest BCUT2D eigenvalue weighted by atomic mass is 79.9.